The van der Waals surface area contributed by atoms with E-state index >= 15 is 0 Å². The highest BCUT2D eigenvalue weighted by molar-refractivity contribution is 6.13. The SMILES string of the molecule is CCCCOc1ccccc1C(=O)c1c(C)c(C#N)c(=O)n(CC(C)C)c1O. The molecule has 0 amide bonds. The summed E-state index contributed by atoms with van der Waals surface area (Å²) in [7, 11) is 0. The Hall–Kier alpha value is -3.07. The molecule has 0 saturated carbocycles. The second-order valence-electron chi connectivity index (χ2n) is 7.15. The second-order valence-corrected chi connectivity index (χ2v) is 7.15. The number of aromatic hydroxyl groups is 1. The predicted octanol–water partition coefficient (Wildman–Crippen LogP) is 3.80. The summed E-state index contributed by atoms with van der Waals surface area (Å²) in [6.45, 7) is 8.00. The molecule has 0 bridgehead atoms. The van der Waals surface area contributed by atoms with Gasteiger partial charge in [0, 0.05) is 6.54 Å². The lowest BCUT2D eigenvalue weighted by Gasteiger charge is -2.18. The van der Waals surface area contributed by atoms with Crippen LogP contribution in [-0.4, -0.2) is 22.1 Å². The number of pyridine rings is 1. The molecule has 0 unspecified atom stereocenters. The van der Waals surface area contributed by atoms with Crippen LogP contribution in [-0.2, 0) is 6.54 Å². The van der Waals surface area contributed by atoms with Gasteiger partial charge in [0.2, 0.25) is 11.7 Å². The van der Waals surface area contributed by atoms with Gasteiger partial charge < -0.3 is 9.84 Å². The van der Waals surface area contributed by atoms with Crippen molar-refractivity contribution in [2.45, 2.75) is 47.1 Å². The number of rotatable bonds is 8. The van der Waals surface area contributed by atoms with Crippen molar-refractivity contribution in [1.82, 2.24) is 4.57 Å². The Bertz CT molecular complexity index is 968. The van der Waals surface area contributed by atoms with E-state index in [1.807, 2.05) is 26.8 Å². The number of nitriles is 1. The minimum atomic E-state index is -0.588. The molecule has 148 valence electrons. The highest BCUT2D eigenvalue weighted by Gasteiger charge is 2.26. The number of ketones is 1. The van der Waals surface area contributed by atoms with Crippen molar-refractivity contribution < 1.29 is 14.6 Å². The first-order valence-corrected chi connectivity index (χ1v) is 9.46. The van der Waals surface area contributed by atoms with Gasteiger partial charge >= 0.3 is 0 Å². The molecule has 1 aromatic carbocycles. The van der Waals surface area contributed by atoms with Gasteiger partial charge in [0.25, 0.3) is 5.56 Å². The Morgan fingerprint density at radius 3 is 2.61 bits per heavy atom. The molecule has 1 N–H and O–H groups in total. The van der Waals surface area contributed by atoms with E-state index in [1.165, 1.54) is 6.92 Å². The molecule has 1 heterocycles. The third-order valence-corrected chi connectivity index (χ3v) is 4.46. The van der Waals surface area contributed by atoms with Gasteiger partial charge in [0.15, 0.2) is 0 Å². The molecular formula is C22H26N2O4. The fourth-order valence-electron chi connectivity index (χ4n) is 3.00. The van der Waals surface area contributed by atoms with Gasteiger partial charge in [-0.3, -0.25) is 14.2 Å². The molecule has 1 aromatic heterocycles. The van der Waals surface area contributed by atoms with Crippen molar-refractivity contribution in [3.63, 3.8) is 0 Å². The van der Waals surface area contributed by atoms with Crippen LogP contribution < -0.4 is 10.3 Å². The predicted molar refractivity (Wildman–Crippen MR) is 107 cm³/mol. The van der Waals surface area contributed by atoms with E-state index in [4.69, 9.17) is 4.74 Å². The number of unbranched alkanes of at least 4 members (excludes halogenated alkanes) is 1. The first kappa shape index (κ1) is 21.2. The molecular weight excluding hydrogens is 356 g/mol. The molecule has 2 rings (SSSR count). The van der Waals surface area contributed by atoms with Gasteiger partial charge in [-0.2, -0.15) is 5.26 Å². The Morgan fingerprint density at radius 1 is 1.32 bits per heavy atom. The first-order valence-electron chi connectivity index (χ1n) is 9.46. The van der Waals surface area contributed by atoms with E-state index in [0.717, 1.165) is 17.4 Å². The zero-order chi connectivity index (χ0) is 20.8. The van der Waals surface area contributed by atoms with E-state index in [0.29, 0.717) is 12.4 Å². The van der Waals surface area contributed by atoms with Crippen LogP contribution in [0.25, 0.3) is 0 Å². The zero-order valence-electron chi connectivity index (χ0n) is 16.8. The second kappa shape index (κ2) is 9.23. The highest BCUT2D eigenvalue weighted by Crippen LogP contribution is 2.29. The van der Waals surface area contributed by atoms with E-state index in [1.54, 1.807) is 24.3 Å². The fourth-order valence-corrected chi connectivity index (χ4v) is 3.00. The van der Waals surface area contributed by atoms with Crippen molar-refractivity contribution in [3.8, 4) is 17.7 Å². The minimum Gasteiger partial charge on any atom is -0.494 e. The maximum Gasteiger partial charge on any atom is 0.271 e. The van der Waals surface area contributed by atoms with Crippen LogP contribution in [0.15, 0.2) is 29.1 Å². The van der Waals surface area contributed by atoms with Crippen molar-refractivity contribution in [2.75, 3.05) is 6.61 Å². The fraction of sp³-hybridized carbons (Fsp3) is 0.409. The van der Waals surface area contributed by atoms with Crippen LogP contribution in [0.3, 0.4) is 0 Å². The lowest BCUT2D eigenvalue weighted by molar-refractivity contribution is 0.103. The largest absolute Gasteiger partial charge is 0.494 e. The van der Waals surface area contributed by atoms with Crippen LogP contribution in [0, 0.1) is 24.2 Å². The van der Waals surface area contributed by atoms with Crippen molar-refractivity contribution >= 4 is 5.78 Å². The van der Waals surface area contributed by atoms with E-state index in [9.17, 15) is 20.0 Å². The molecule has 28 heavy (non-hydrogen) atoms. The number of carbonyl (C=O) groups is 1. The topological polar surface area (TPSA) is 92.3 Å². The Balaban J connectivity index is 2.64. The van der Waals surface area contributed by atoms with Gasteiger partial charge in [0.1, 0.15) is 17.4 Å². The first-order chi connectivity index (χ1) is 13.3. The van der Waals surface area contributed by atoms with Crippen LogP contribution in [0.4, 0.5) is 0 Å². The van der Waals surface area contributed by atoms with Crippen LogP contribution in [0.1, 0.15) is 60.7 Å². The standard InChI is InChI=1S/C22H26N2O4/c1-5-6-11-28-18-10-8-7-9-16(18)20(25)19-15(4)17(12-23)21(26)24(22(19)27)13-14(2)3/h7-10,14,27H,5-6,11,13H2,1-4H3. The Labute approximate surface area is 165 Å². The maximum atomic E-state index is 13.3. The summed E-state index contributed by atoms with van der Waals surface area (Å²) in [6.07, 6.45) is 1.81. The highest BCUT2D eigenvalue weighted by atomic mass is 16.5. The molecule has 0 fully saturated rings. The zero-order valence-corrected chi connectivity index (χ0v) is 16.8. The van der Waals surface area contributed by atoms with Gasteiger partial charge in [-0.25, -0.2) is 0 Å². The quantitative estimate of drug-likeness (QED) is 0.554. The normalized spacial score (nSPS) is 10.7. The van der Waals surface area contributed by atoms with E-state index in [-0.39, 0.29) is 34.7 Å². The molecule has 0 radical (unpaired) electrons. The molecule has 2 aromatic rings. The number of para-hydroxylation sites is 1. The summed E-state index contributed by atoms with van der Waals surface area (Å²) in [6, 6.07) is 8.68. The van der Waals surface area contributed by atoms with Crippen LogP contribution in [0.2, 0.25) is 0 Å². The number of benzene rings is 1. The molecule has 0 aliphatic rings. The minimum absolute atomic E-state index is 0.0386. The Morgan fingerprint density at radius 2 is 2.00 bits per heavy atom. The van der Waals surface area contributed by atoms with Gasteiger partial charge in [-0.05, 0) is 37.0 Å². The molecule has 6 nitrogen and oxygen atoms in total. The number of ether oxygens (including phenoxy) is 1. The van der Waals surface area contributed by atoms with Crippen LogP contribution in [0.5, 0.6) is 11.6 Å². The number of hydrogen-bond donors (Lipinski definition) is 1. The number of nitrogens with zero attached hydrogens (tertiary/aromatic N) is 2. The summed E-state index contributed by atoms with van der Waals surface area (Å²) >= 11 is 0. The molecule has 0 atom stereocenters. The molecule has 0 spiro atoms. The Kier molecular flexibility index (Phi) is 7.00. The van der Waals surface area contributed by atoms with Gasteiger partial charge in [-0.15, -0.1) is 0 Å². The summed E-state index contributed by atoms with van der Waals surface area (Å²) in [5.41, 5.74) is -0.293. The smallest absolute Gasteiger partial charge is 0.271 e. The van der Waals surface area contributed by atoms with Crippen LogP contribution >= 0.6 is 0 Å². The van der Waals surface area contributed by atoms with Crippen molar-refractivity contribution in [3.05, 3.63) is 56.9 Å². The number of aromatic nitrogens is 1. The lowest BCUT2D eigenvalue weighted by atomic mass is 9.96. The van der Waals surface area contributed by atoms with Crippen molar-refractivity contribution in [1.29, 1.82) is 5.26 Å². The molecule has 6 heteroatoms. The van der Waals surface area contributed by atoms with Gasteiger partial charge in [0.05, 0.1) is 17.7 Å². The third kappa shape index (κ3) is 4.25. The maximum absolute atomic E-state index is 13.3. The van der Waals surface area contributed by atoms with Crippen molar-refractivity contribution in [2.24, 2.45) is 5.92 Å². The number of carbonyl (C=O) groups excluding carboxylic acids is 1. The summed E-state index contributed by atoms with van der Waals surface area (Å²) in [5, 5.41) is 20.2. The summed E-state index contributed by atoms with van der Waals surface area (Å²) < 4.78 is 6.84. The van der Waals surface area contributed by atoms with E-state index in [2.05, 4.69) is 0 Å². The average Bonchev–Trinajstić information content (AvgIpc) is 2.66. The van der Waals surface area contributed by atoms with E-state index < -0.39 is 17.2 Å². The average molecular weight is 382 g/mol. The van der Waals surface area contributed by atoms with Gasteiger partial charge in [-0.1, -0.05) is 39.3 Å². The summed E-state index contributed by atoms with van der Waals surface area (Å²) in [4.78, 5) is 25.9. The number of hydrogen-bond acceptors (Lipinski definition) is 5. The molecule has 0 aliphatic carbocycles. The third-order valence-electron chi connectivity index (χ3n) is 4.46. The molecule has 0 saturated heterocycles. The summed E-state index contributed by atoms with van der Waals surface area (Å²) in [5.74, 6) is -0.426. The monoisotopic (exact) mass is 382 g/mol. The molecule has 0 aliphatic heterocycles. The lowest BCUT2D eigenvalue weighted by Crippen LogP contribution is -2.28.